The van der Waals surface area contributed by atoms with Gasteiger partial charge in [0, 0.05) is 11.9 Å². The molecule has 0 aliphatic rings. The van der Waals surface area contributed by atoms with Crippen molar-refractivity contribution in [1.82, 2.24) is 15.0 Å². The lowest BCUT2D eigenvalue weighted by atomic mass is 10.2. The number of aromatic amines is 1. The number of esters is 1. The fourth-order valence-electron chi connectivity index (χ4n) is 2.73. The number of nitrogens with two attached hydrogens (primary N) is 1. The van der Waals surface area contributed by atoms with E-state index in [1.807, 2.05) is 42.5 Å². The number of benzene rings is 1. The number of nitrogens with zero attached hydrogens (tertiary/aromatic N) is 2. The third kappa shape index (κ3) is 3.22. The molecular weight excluding hydrogens is 362 g/mol. The first kappa shape index (κ1) is 17.0. The maximum Gasteiger partial charge on any atom is 0.350 e. The molecule has 136 valence electrons. The van der Waals surface area contributed by atoms with Crippen LogP contribution in [0.5, 0.6) is 0 Å². The quantitative estimate of drug-likeness (QED) is 0.449. The van der Waals surface area contributed by atoms with Crippen LogP contribution in [0.15, 0.2) is 48.7 Å². The number of nitrogen functional groups attached to an aromatic ring is 1. The second kappa shape index (κ2) is 7.08. The Morgan fingerprint density at radius 1 is 1.26 bits per heavy atom. The summed E-state index contributed by atoms with van der Waals surface area (Å²) < 4.78 is 5.14. The van der Waals surface area contributed by atoms with Crippen LogP contribution in [0, 0.1) is 0 Å². The minimum absolute atomic E-state index is 0.279. The van der Waals surface area contributed by atoms with Gasteiger partial charge in [0.25, 0.3) is 0 Å². The number of carbonyl (C=O) groups excluding carboxylic acids is 1. The average Bonchev–Trinajstić information content (AvgIpc) is 3.23. The summed E-state index contributed by atoms with van der Waals surface area (Å²) in [7, 11) is 0. The van der Waals surface area contributed by atoms with E-state index in [-0.39, 0.29) is 6.61 Å². The average molecular weight is 379 g/mol. The molecule has 0 saturated heterocycles. The number of pyridine rings is 1. The van der Waals surface area contributed by atoms with Crippen LogP contribution in [0.2, 0.25) is 0 Å². The van der Waals surface area contributed by atoms with Crippen LogP contribution in [-0.4, -0.2) is 27.5 Å². The molecule has 1 aromatic carbocycles. The molecule has 7 nitrogen and oxygen atoms in total. The van der Waals surface area contributed by atoms with Crippen molar-refractivity contribution in [2.45, 2.75) is 6.92 Å². The van der Waals surface area contributed by atoms with Crippen LogP contribution in [0.3, 0.4) is 0 Å². The van der Waals surface area contributed by atoms with E-state index in [9.17, 15) is 4.79 Å². The number of H-pyrrole nitrogens is 1. The topological polar surface area (TPSA) is 106 Å². The summed E-state index contributed by atoms with van der Waals surface area (Å²) in [5, 5.41) is 4.03. The van der Waals surface area contributed by atoms with Crippen LogP contribution in [0.25, 0.3) is 22.6 Å². The number of rotatable bonds is 5. The van der Waals surface area contributed by atoms with E-state index in [0.29, 0.717) is 32.6 Å². The number of aromatic nitrogens is 3. The second-order valence-electron chi connectivity index (χ2n) is 5.72. The standard InChI is InChI=1S/C19H17N5O2S/c1-2-26-19(25)15-14(20)13(17-23-12-9-6-10-21-16(12)24-17)18(27-15)22-11-7-4-3-5-8-11/h3-10,22H,2,20H2,1H3,(H,21,23,24). The molecule has 4 aromatic rings. The van der Waals surface area contributed by atoms with Crippen LogP contribution >= 0.6 is 11.3 Å². The number of anilines is 3. The number of fused-ring (bicyclic) bond motifs is 1. The molecular formula is C19H17N5O2S. The molecule has 0 radical (unpaired) electrons. The van der Waals surface area contributed by atoms with Crippen LogP contribution < -0.4 is 11.1 Å². The summed E-state index contributed by atoms with van der Waals surface area (Å²) in [6, 6.07) is 13.4. The Morgan fingerprint density at radius 3 is 2.81 bits per heavy atom. The number of imidazole rings is 1. The van der Waals surface area contributed by atoms with E-state index in [1.165, 1.54) is 11.3 Å². The first-order valence-electron chi connectivity index (χ1n) is 8.40. The van der Waals surface area contributed by atoms with Crippen molar-refractivity contribution >= 4 is 44.8 Å². The maximum absolute atomic E-state index is 12.3. The highest BCUT2D eigenvalue weighted by Gasteiger charge is 2.25. The molecule has 4 N–H and O–H groups in total. The first-order valence-corrected chi connectivity index (χ1v) is 9.21. The van der Waals surface area contributed by atoms with Gasteiger partial charge in [-0.1, -0.05) is 18.2 Å². The highest BCUT2D eigenvalue weighted by Crippen LogP contribution is 2.43. The van der Waals surface area contributed by atoms with E-state index in [4.69, 9.17) is 10.5 Å². The zero-order chi connectivity index (χ0) is 18.8. The number of ether oxygens (including phenoxy) is 1. The summed E-state index contributed by atoms with van der Waals surface area (Å²) in [5.41, 5.74) is 9.55. The van der Waals surface area contributed by atoms with Crippen molar-refractivity contribution in [3.63, 3.8) is 0 Å². The van der Waals surface area contributed by atoms with Crippen LogP contribution in [-0.2, 0) is 4.74 Å². The van der Waals surface area contributed by atoms with Crippen molar-refractivity contribution in [1.29, 1.82) is 0 Å². The molecule has 0 aliphatic heterocycles. The molecule has 8 heteroatoms. The Bertz CT molecular complexity index is 1070. The maximum atomic E-state index is 12.3. The molecule has 3 aromatic heterocycles. The monoisotopic (exact) mass is 379 g/mol. The van der Waals surface area contributed by atoms with Gasteiger partial charge in [-0.2, -0.15) is 0 Å². The Morgan fingerprint density at radius 2 is 2.07 bits per heavy atom. The highest BCUT2D eigenvalue weighted by molar-refractivity contribution is 7.19. The van der Waals surface area contributed by atoms with Gasteiger partial charge in [0.05, 0.1) is 23.4 Å². The predicted molar refractivity (Wildman–Crippen MR) is 107 cm³/mol. The lowest BCUT2D eigenvalue weighted by Gasteiger charge is -2.06. The zero-order valence-corrected chi connectivity index (χ0v) is 15.3. The van der Waals surface area contributed by atoms with Crippen molar-refractivity contribution in [3.8, 4) is 11.4 Å². The van der Waals surface area contributed by atoms with Crippen molar-refractivity contribution in [2.24, 2.45) is 0 Å². The van der Waals surface area contributed by atoms with E-state index >= 15 is 0 Å². The minimum atomic E-state index is -0.448. The zero-order valence-electron chi connectivity index (χ0n) is 14.5. The lowest BCUT2D eigenvalue weighted by Crippen LogP contribution is -2.05. The van der Waals surface area contributed by atoms with Crippen molar-refractivity contribution < 1.29 is 9.53 Å². The molecule has 3 heterocycles. The molecule has 0 amide bonds. The molecule has 0 unspecified atom stereocenters. The number of nitrogens with one attached hydrogen (secondary N) is 2. The third-order valence-corrected chi connectivity index (χ3v) is 5.03. The number of carbonyl (C=O) groups is 1. The Balaban J connectivity index is 1.85. The van der Waals surface area contributed by atoms with Crippen molar-refractivity contribution in [3.05, 3.63) is 53.5 Å². The van der Waals surface area contributed by atoms with E-state index < -0.39 is 5.97 Å². The van der Waals surface area contributed by atoms with Gasteiger partial charge in [-0.3, -0.25) is 0 Å². The summed E-state index contributed by atoms with van der Waals surface area (Å²) in [5.74, 6) is 0.100. The molecule has 0 atom stereocenters. The summed E-state index contributed by atoms with van der Waals surface area (Å²) in [6.45, 7) is 2.04. The van der Waals surface area contributed by atoms with E-state index in [1.54, 1.807) is 13.1 Å². The van der Waals surface area contributed by atoms with Gasteiger partial charge in [-0.15, -0.1) is 11.3 Å². The molecule has 27 heavy (non-hydrogen) atoms. The molecule has 0 fully saturated rings. The molecule has 0 spiro atoms. The van der Waals surface area contributed by atoms with Gasteiger partial charge in [0.15, 0.2) is 5.65 Å². The summed E-state index contributed by atoms with van der Waals surface area (Å²) in [4.78, 5) is 24.7. The molecule has 0 aliphatic carbocycles. The third-order valence-electron chi connectivity index (χ3n) is 3.93. The van der Waals surface area contributed by atoms with Crippen LogP contribution in [0.1, 0.15) is 16.6 Å². The number of para-hydroxylation sites is 1. The van der Waals surface area contributed by atoms with Crippen molar-refractivity contribution in [2.75, 3.05) is 17.7 Å². The number of hydrogen-bond donors (Lipinski definition) is 3. The Hall–Kier alpha value is -3.39. The van der Waals surface area contributed by atoms with Gasteiger partial charge in [0.1, 0.15) is 15.7 Å². The van der Waals surface area contributed by atoms with Gasteiger partial charge in [-0.25, -0.2) is 14.8 Å². The Labute approximate surface area is 159 Å². The smallest absolute Gasteiger partial charge is 0.350 e. The molecule has 4 rings (SSSR count). The van der Waals surface area contributed by atoms with Gasteiger partial charge in [-0.05, 0) is 31.2 Å². The van der Waals surface area contributed by atoms with Gasteiger partial charge < -0.3 is 20.8 Å². The van der Waals surface area contributed by atoms with Gasteiger partial charge in [0.2, 0.25) is 0 Å². The largest absolute Gasteiger partial charge is 0.462 e. The summed E-state index contributed by atoms with van der Waals surface area (Å²) in [6.07, 6.45) is 1.68. The lowest BCUT2D eigenvalue weighted by molar-refractivity contribution is 0.0533. The van der Waals surface area contributed by atoms with E-state index in [0.717, 1.165) is 11.2 Å². The SMILES string of the molecule is CCOC(=O)c1sc(Nc2ccccc2)c(-c2nc3ncccc3[nH]2)c1N. The molecule has 0 bridgehead atoms. The minimum Gasteiger partial charge on any atom is -0.462 e. The first-order chi connectivity index (χ1) is 13.2. The summed E-state index contributed by atoms with van der Waals surface area (Å²) >= 11 is 1.24. The van der Waals surface area contributed by atoms with Gasteiger partial charge >= 0.3 is 5.97 Å². The fraction of sp³-hybridized carbons (Fsp3) is 0.105. The van der Waals surface area contributed by atoms with E-state index in [2.05, 4.69) is 20.3 Å². The normalized spacial score (nSPS) is 10.9. The molecule has 0 saturated carbocycles. The second-order valence-corrected chi connectivity index (χ2v) is 6.74. The predicted octanol–water partition coefficient (Wildman–Crippen LogP) is 4.19. The number of thiophene rings is 1. The fourth-order valence-corrected chi connectivity index (χ4v) is 3.77. The Kier molecular flexibility index (Phi) is 4.47. The highest BCUT2D eigenvalue weighted by atomic mass is 32.1. The van der Waals surface area contributed by atoms with Crippen LogP contribution in [0.4, 0.5) is 16.4 Å². The number of hydrogen-bond acceptors (Lipinski definition) is 7.